The zero-order valence-electron chi connectivity index (χ0n) is 13.6. The molecule has 1 N–H and O–H groups in total. The van der Waals surface area contributed by atoms with Crippen LogP contribution in [0.2, 0.25) is 0 Å². The molecule has 1 aromatic carbocycles. The number of amides is 1. The van der Waals surface area contributed by atoms with Crippen LogP contribution in [0, 0.1) is 12.8 Å². The Kier molecular flexibility index (Phi) is 6.25. The highest BCUT2D eigenvalue weighted by atomic mass is 16.1. The van der Waals surface area contributed by atoms with Gasteiger partial charge in [0, 0.05) is 18.4 Å². The largest absolute Gasteiger partial charge is 0.355 e. The van der Waals surface area contributed by atoms with Crippen LogP contribution in [0.25, 0.3) is 0 Å². The molecular formula is C18H29NO. The Morgan fingerprint density at radius 1 is 1.35 bits per heavy atom. The van der Waals surface area contributed by atoms with Crippen LogP contribution in [0.3, 0.4) is 0 Å². The number of rotatable bonds is 7. The van der Waals surface area contributed by atoms with Crippen molar-refractivity contribution in [1.82, 2.24) is 5.32 Å². The molecule has 0 heterocycles. The first-order valence-electron chi connectivity index (χ1n) is 7.69. The summed E-state index contributed by atoms with van der Waals surface area (Å²) in [4.78, 5) is 12.0. The summed E-state index contributed by atoms with van der Waals surface area (Å²) in [5, 5.41) is 3.09. The van der Waals surface area contributed by atoms with Gasteiger partial charge in [0.2, 0.25) is 5.91 Å². The van der Waals surface area contributed by atoms with Crippen LogP contribution in [0.4, 0.5) is 0 Å². The minimum atomic E-state index is -0.0321. The van der Waals surface area contributed by atoms with Crippen molar-refractivity contribution in [2.24, 2.45) is 5.92 Å². The standard InChI is InChI=1S/C18H29NO/c1-6-8-14(2)12-17(20)19-13-18(4,5)16-10-7-9-15(3)11-16/h7,9-11,14H,6,8,12-13H2,1-5H3,(H,19,20). The molecule has 112 valence electrons. The fourth-order valence-electron chi connectivity index (χ4n) is 2.47. The molecule has 1 unspecified atom stereocenters. The van der Waals surface area contributed by atoms with Crippen molar-refractivity contribution in [1.29, 1.82) is 0 Å². The van der Waals surface area contributed by atoms with Gasteiger partial charge in [0.15, 0.2) is 0 Å². The van der Waals surface area contributed by atoms with Crippen molar-refractivity contribution < 1.29 is 4.79 Å². The average molecular weight is 275 g/mol. The summed E-state index contributed by atoms with van der Waals surface area (Å²) in [5.74, 6) is 0.647. The first-order valence-corrected chi connectivity index (χ1v) is 7.69. The predicted molar refractivity (Wildman–Crippen MR) is 85.9 cm³/mol. The van der Waals surface area contributed by atoms with Crippen molar-refractivity contribution in [3.8, 4) is 0 Å². The smallest absolute Gasteiger partial charge is 0.220 e. The van der Waals surface area contributed by atoms with E-state index in [0.717, 1.165) is 12.8 Å². The Morgan fingerprint density at radius 2 is 2.05 bits per heavy atom. The van der Waals surface area contributed by atoms with Gasteiger partial charge in [-0.15, -0.1) is 0 Å². The van der Waals surface area contributed by atoms with Gasteiger partial charge in [-0.05, 0) is 18.4 Å². The average Bonchev–Trinajstić information content (AvgIpc) is 2.37. The quantitative estimate of drug-likeness (QED) is 0.793. The van der Waals surface area contributed by atoms with E-state index in [1.54, 1.807) is 0 Å². The molecule has 0 saturated carbocycles. The minimum Gasteiger partial charge on any atom is -0.355 e. The minimum absolute atomic E-state index is 0.0321. The van der Waals surface area contributed by atoms with Crippen LogP contribution < -0.4 is 5.32 Å². The molecule has 1 aromatic rings. The van der Waals surface area contributed by atoms with E-state index in [2.05, 4.69) is 64.2 Å². The fraction of sp³-hybridized carbons (Fsp3) is 0.611. The molecule has 2 heteroatoms. The SMILES string of the molecule is CCCC(C)CC(=O)NCC(C)(C)c1cccc(C)c1. The first kappa shape index (κ1) is 16.7. The van der Waals surface area contributed by atoms with Crippen molar-refractivity contribution >= 4 is 5.91 Å². The molecule has 0 fully saturated rings. The Bertz CT molecular complexity index is 437. The van der Waals surface area contributed by atoms with Gasteiger partial charge in [-0.1, -0.05) is 70.4 Å². The Hall–Kier alpha value is -1.31. The summed E-state index contributed by atoms with van der Waals surface area (Å²) in [6, 6.07) is 8.52. The van der Waals surface area contributed by atoms with E-state index < -0.39 is 0 Å². The number of aryl methyl sites for hydroxylation is 1. The molecule has 0 radical (unpaired) electrons. The molecule has 1 rings (SSSR count). The molecule has 0 aliphatic carbocycles. The van der Waals surface area contributed by atoms with Crippen molar-refractivity contribution in [2.45, 2.75) is 59.3 Å². The van der Waals surface area contributed by atoms with E-state index in [9.17, 15) is 4.79 Å². The van der Waals surface area contributed by atoms with Gasteiger partial charge >= 0.3 is 0 Å². The monoisotopic (exact) mass is 275 g/mol. The van der Waals surface area contributed by atoms with Crippen LogP contribution in [0.15, 0.2) is 24.3 Å². The second kappa shape index (κ2) is 7.47. The van der Waals surface area contributed by atoms with E-state index in [1.807, 2.05) is 0 Å². The predicted octanol–water partition coefficient (Wildman–Crippen LogP) is 4.22. The summed E-state index contributed by atoms with van der Waals surface area (Å²) in [7, 11) is 0. The van der Waals surface area contributed by atoms with Crippen LogP contribution in [0.5, 0.6) is 0 Å². The summed E-state index contributed by atoms with van der Waals surface area (Å²) in [5.41, 5.74) is 2.51. The second-order valence-electron chi connectivity index (χ2n) is 6.63. The topological polar surface area (TPSA) is 29.1 Å². The molecule has 0 aromatic heterocycles. The third-order valence-corrected chi connectivity index (χ3v) is 3.84. The number of hydrogen-bond acceptors (Lipinski definition) is 1. The molecule has 1 atom stereocenters. The summed E-state index contributed by atoms with van der Waals surface area (Å²) < 4.78 is 0. The first-order chi connectivity index (χ1) is 9.35. The maximum absolute atomic E-state index is 12.0. The molecule has 2 nitrogen and oxygen atoms in total. The van der Waals surface area contributed by atoms with E-state index in [1.165, 1.54) is 11.1 Å². The maximum Gasteiger partial charge on any atom is 0.220 e. The number of carbonyl (C=O) groups excluding carboxylic acids is 1. The fourth-order valence-corrected chi connectivity index (χ4v) is 2.47. The van der Waals surface area contributed by atoms with Gasteiger partial charge in [0.25, 0.3) is 0 Å². The maximum atomic E-state index is 12.0. The lowest BCUT2D eigenvalue weighted by Crippen LogP contribution is -2.37. The second-order valence-corrected chi connectivity index (χ2v) is 6.63. The Morgan fingerprint density at radius 3 is 2.65 bits per heavy atom. The number of carbonyl (C=O) groups is 1. The van der Waals surface area contributed by atoms with Gasteiger partial charge < -0.3 is 5.32 Å². The molecule has 0 aliphatic rings. The lowest BCUT2D eigenvalue weighted by molar-refractivity contribution is -0.122. The van der Waals surface area contributed by atoms with E-state index in [0.29, 0.717) is 18.9 Å². The van der Waals surface area contributed by atoms with Crippen LogP contribution in [-0.2, 0) is 10.2 Å². The molecular weight excluding hydrogens is 246 g/mol. The normalized spacial score (nSPS) is 13.1. The molecule has 0 bridgehead atoms. The Balaban J connectivity index is 2.53. The van der Waals surface area contributed by atoms with Gasteiger partial charge in [-0.25, -0.2) is 0 Å². The summed E-state index contributed by atoms with van der Waals surface area (Å²) >= 11 is 0. The Labute approximate surface area is 124 Å². The highest BCUT2D eigenvalue weighted by Crippen LogP contribution is 2.23. The van der Waals surface area contributed by atoms with Gasteiger partial charge in [0.1, 0.15) is 0 Å². The van der Waals surface area contributed by atoms with E-state index in [4.69, 9.17) is 0 Å². The van der Waals surface area contributed by atoms with Crippen molar-refractivity contribution in [2.75, 3.05) is 6.54 Å². The van der Waals surface area contributed by atoms with Crippen LogP contribution >= 0.6 is 0 Å². The van der Waals surface area contributed by atoms with Crippen molar-refractivity contribution in [3.63, 3.8) is 0 Å². The van der Waals surface area contributed by atoms with E-state index >= 15 is 0 Å². The highest BCUT2D eigenvalue weighted by molar-refractivity contribution is 5.76. The summed E-state index contributed by atoms with van der Waals surface area (Å²) in [6.07, 6.45) is 2.90. The zero-order valence-corrected chi connectivity index (χ0v) is 13.6. The van der Waals surface area contributed by atoms with Gasteiger partial charge in [-0.2, -0.15) is 0 Å². The molecule has 0 saturated heterocycles. The third kappa shape index (κ3) is 5.36. The highest BCUT2D eigenvalue weighted by Gasteiger charge is 2.21. The van der Waals surface area contributed by atoms with Crippen LogP contribution in [-0.4, -0.2) is 12.5 Å². The van der Waals surface area contributed by atoms with Gasteiger partial charge in [-0.3, -0.25) is 4.79 Å². The van der Waals surface area contributed by atoms with Crippen LogP contribution in [0.1, 0.15) is 58.1 Å². The number of nitrogens with one attached hydrogen (secondary N) is 1. The molecule has 0 aliphatic heterocycles. The van der Waals surface area contributed by atoms with E-state index in [-0.39, 0.29) is 11.3 Å². The summed E-state index contributed by atoms with van der Waals surface area (Å²) in [6.45, 7) is 11.5. The third-order valence-electron chi connectivity index (χ3n) is 3.84. The molecule has 20 heavy (non-hydrogen) atoms. The molecule has 1 amide bonds. The zero-order chi connectivity index (χ0) is 15.2. The lowest BCUT2D eigenvalue weighted by Gasteiger charge is -2.26. The lowest BCUT2D eigenvalue weighted by atomic mass is 9.84. The number of hydrogen-bond donors (Lipinski definition) is 1. The van der Waals surface area contributed by atoms with Gasteiger partial charge in [0.05, 0.1) is 0 Å². The number of benzene rings is 1. The van der Waals surface area contributed by atoms with Crippen molar-refractivity contribution in [3.05, 3.63) is 35.4 Å². The molecule has 0 spiro atoms.